The first-order valence-electron chi connectivity index (χ1n) is 13.6. The number of esters is 2. The molecule has 0 N–H and O–H groups in total. The lowest BCUT2D eigenvalue weighted by molar-refractivity contribution is -0.167. The highest BCUT2D eigenvalue weighted by molar-refractivity contribution is 5.88. The molecule has 0 radical (unpaired) electrons. The Balaban J connectivity index is 1.76. The van der Waals surface area contributed by atoms with E-state index in [9.17, 15) is 14.4 Å². The van der Waals surface area contributed by atoms with Crippen molar-refractivity contribution in [2.24, 2.45) is 5.41 Å². The van der Waals surface area contributed by atoms with Crippen LogP contribution in [0.5, 0.6) is 11.5 Å². The predicted molar refractivity (Wildman–Crippen MR) is 148 cm³/mol. The fourth-order valence-corrected chi connectivity index (χ4v) is 4.75. The second-order valence-corrected chi connectivity index (χ2v) is 10.5. The van der Waals surface area contributed by atoms with Gasteiger partial charge in [-0.3, -0.25) is 9.59 Å². The molecule has 0 aliphatic carbocycles. The number of piperidine rings is 1. The van der Waals surface area contributed by atoms with Gasteiger partial charge in [-0.1, -0.05) is 43.3 Å². The molecule has 0 spiro atoms. The minimum Gasteiger partial charge on any atom is -0.493 e. The van der Waals surface area contributed by atoms with Crippen LogP contribution < -0.4 is 9.47 Å². The Kier molecular flexibility index (Phi) is 10.8. The largest absolute Gasteiger partial charge is 0.493 e. The fraction of sp³-hybridized carbons (Fsp3) is 0.516. The van der Waals surface area contributed by atoms with Crippen molar-refractivity contribution in [3.8, 4) is 11.5 Å². The first kappa shape index (κ1) is 30.0. The van der Waals surface area contributed by atoms with E-state index in [2.05, 4.69) is 0 Å². The van der Waals surface area contributed by atoms with Gasteiger partial charge in [-0.25, -0.2) is 4.79 Å². The molecule has 0 aromatic heterocycles. The van der Waals surface area contributed by atoms with Crippen molar-refractivity contribution >= 4 is 17.8 Å². The molecule has 1 saturated heterocycles. The van der Waals surface area contributed by atoms with E-state index in [-0.39, 0.29) is 24.9 Å². The standard InChI is InChI=1S/C31H41NO7/c1-6-28(33)38-21-31(2,3)30(35)32-19-11-10-14-24(32)29(34)39-25(23-12-8-7-9-13-23)17-15-22-16-18-26(36-4)27(20-22)37-5/h7-9,12-13,16,18,20,24-25H,6,10-11,14-15,17,19,21H2,1-5H3/t24-,25+/m0/s1. The van der Waals surface area contributed by atoms with E-state index in [0.717, 1.165) is 24.0 Å². The maximum Gasteiger partial charge on any atom is 0.329 e. The van der Waals surface area contributed by atoms with Gasteiger partial charge in [0, 0.05) is 13.0 Å². The molecule has 1 amide bonds. The molecule has 1 aliphatic heterocycles. The van der Waals surface area contributed by atoms with Gasteiger partial charge in [0.25, 0.3) is 0 Å². The average molecular weight is 540 g/mol. The summed E-state index contributed by atoms with van der Waals surface area (Å²) in [6, 6.07) is 14.7. The molecule has 0 unspecified atom stereocenters. The number of nitrogens with zero attached hydrogens (tertiary/aromatic N) is 1. The van der Waals surface area contributed by atoms with E-state index in [1.807, 2.05) is 48.5 Å². The number of benzene rings is 2. The summed E-state index contributed by atoms with van der Waals surface area (Å²) in [5.41, 5.74) is 0.974. The molecule has 0 bridgehead atoms. The molecular formula is C31H41NO7. The molecule has 1 fully saturated rings. The molecule has 8 heteroatoms. The van der Waals surface area contributed by atoms with E-state index in [1.54, 1.807) is 39.9 Å². The summed E-state index contributed by atoms with van der Waals surface area (Å²) in [6.45, 7) is 5.62. The summed E-state index contributed by atoms with van der Waals surface area (Å²) < 4.78 is 22.2. The third kappa shape index (κ3) is 7.97. The normalized spacial score (nSPS) is 16.2. The Labute approximate surface area is 231 Å². The van der Waals surface area contributed by atoms with Crippen LogP contribution in [-0.4, -0.2) is 56.2 Å². The van der Waals surface area contributed by atoms with Crippen LogP contribution in [0.4, 0.5) is 0 Å². The van der Waals surface area contributed by atoms with Crippen LogP contribution in [0.3, 0.4) is 0 Å². The summed E-state index contributed by atoms with van der Waals surface area (Å²) in [4.78, 5) is 40.4. The van der Waals surface area contributed by atoms with Crippen LogP contribution in [0.15, 0.2) is 48.5 Å². The smallest absolute Gasteiger partial charge is 0.329 e. The molecule has 1 aliphatic rings. The number of hydrogen-bond donors (Lipinski definition) is 0. The van der Waals surface area contributed by atoms with Crippen molar-refractivity contribution in [1.82, 2.24) is 4.90 Å². The quantitative estimate of drug-likeness (QED) is 0.339. The van der Waals surface area contributed by atoms with Crippen LogP contribution in [0.2, 0.25) is 0 Å². The molecule has 2 aromatic carbocycles. The minimum atomic E-state index is -0.951. The molecule has 8 nitrogen and oxygen atoms in total. The Morgan fingerprint density at radius 3 is 2.38 bits per heavy atom. The topological polar surface area (TPSA) is 91.4 Å². The summed E-state index contributed by atoms with van der Waals surface area (Å²) in [6.07, 6.45) is 3.14. The maximum absolute atomic E-state index is 13.6. The molecule has 1 heterocycles. The molecule has 3 rings (SSSR count). The van der Waals surface area contributed by atoms with Crippen LogP contribution >= 0.6 is 0 Å². The van der Waals surface area contributed by atoms with E-state index in [4.69, 9.17) is 18.9 Å². The van der Waals surface area contributed by atoms with Crippen molar-refractivity contribution in [2.75, 3.05) is 27.4 Å². The number of rotatable bonds is 12. The van der Waals surface area contributed by atoms with Gasteiger partial charge in [0.2, 0.25) is 5.91 Å². The van der Waals surface area contributed by atoms with Gasteiger partial charge in [-0.05, 0) is 69.2 Å². The highest BCUT2D eigenvalue weighted by Crippen LogP contribution is 2.32. The monoisotopic (exact) mass is 539 g/mol. The Hall–Kier alpha value is -3.55. The lowest BCUT2D eigenvalue weighted by Gasteiger charge is -2.39. The molecule has 0 saturated carbocycles. The molecule has 2 atom stereocenters. The SMILES string of the molecule is CCC(=O)OCC(C)(C)C(=O)N1CCCC[C@H]1C(=O)O[C@H](CCc1ccc(OC)c(OC)c1)c1ccccc1. The Morgan fingerprint density at radius 2 is 1.72 bits per heavy atom. The number of likely N-dealkylation sites (tertiary alicyclic amines) is 1. The highest BCUT2D eigenvalue weighted by Gasteiger charge is 2.41. The molecule has 39 heavy (non-hydrogen) atoms. The summed E-state index contributed by atoms with van der Waals surface area (Å²) in [5.74, 6) is 0.319. The average Bonchev–Trinajstić information content (AvgIpc) is 2.97. The van der Waals surface area contributed by atoms with Gasteiger partial charge in [0.05, 0.1) is 19.6 Å². The third-order valence-electron chi connectivity index (χ3n) is 7.07. The predicted octanol–water partition coefficient (Wildman–Crippen LogP) is 5.28. The maximum atomic E-state index is 13.6. The highest BCUT2D eigenvalue weighted by atomic mass is 16.5. The number of methoxy groups -OCH3 is 2. The number of carbonyl (C=O) groups is 3. The Bertz CT molecular complexity index is 1120. The zero-order valence-electron chi connectivity index (χ0n) is 23.7. The summed E-state index contributed by atoms with van der Waals surface area (Å²) >= 11 is 0. The molecule has 2 aromatic rings. The van der Waals surface area contributed by atoms with Gasteiger partial charge < -0.3 is 23.8 Å². The minimum absolute atomic E-state index is 0.0330. The summed E-state index contributed by atoms with van der Waals surface area (Å²) in [5, 5.41) is 0. The van der Waals surface area contributed by atoms with Gasteiger partial charge >= 0.3 is 11.9 Å². The first-order valence-corrected chi connectivity index (χ1v) is 13.6. The van der Waals surface area contributed by atoms with E-state index < -0.39 is 23.5 Å². The number of aryl methyl sites for hydroxylation is 1. The van der Waals surface area contributed by atoms with Gasteiger partial charge in [0.15, 0.2) is 11.5 Å². The van der Waals surface area contributed by atoms with E-state index in [0.29, 0.717) is 37.3 Å². The van der Waals surface area contributed by atoms with Gasteiger partial charge in [-0.15, -0.1) is 0 Å². The lowest BCUT2D eigenvalue weighted by atomic mass is 9.90. The van der Waals surface area contributed by atoms with Crippen LogP contribution in [0, 0.1) is 5.41 Å². The van der Waals surface area contributed by atoms with Crippen molar-refractivity contribution in [2.45, 2.75) is 71.4 Å². The first-order chi connectivity index (χ1) is 18.7. The van der Waals surface area contributed by atoms with Crippen molar-refractivity contribution in [3.05, 3.63) is 59.7 Å². The summed E-state index contributed by atoms with van der Waals surface area (Å²) in [7, 11) is 3.20. The third-order valence-corrected chi connectivity index (χ3v) is 7.07. The second kappa shape index (κ2) is 14.0. The zero-order chi connectivity index (χ0) is 28.4. The molecule has 212 valence electrons. The van der Waals surface area contributed by atoms with Crippen molar-refractivity contribution < 1.29 is 33.3 Å². The van der Waals surface area contributed by atoms with Crippen molar-refractivity contribution in [1.29, 1.82) is 0 Å². The fourth-order valence-electron chi connectivity index (χ4n) is 4.75. The lowest BCUT2D eigenvalue weighted by Crippen LogP contribution is -2.54. The van der Waals surface area contributed by atoms with Crippen LogP contribution in [-0.2, 0) is 30.3 Å². The van der Waals surface area contributed by atoms with Crippen LogP contribution in [0.25, 0.3) is 0 Å². The van der Waals surface area contributed by atoms with Crippen molar-refractivity contribution in [3.63, 3.8) is 0 Å². The van der Waals surface area contributed by atoms with E-state index >= 15 is 0 Å². The number of hydrogen-bond acceptors (Lipinski definition) is 7. The van der Waals surface area contributed by atoms with E-state index in [1.165, 1.54) is 0 Å². The number of ether oxygens (including phenoxy) is 4. The zero-order valence-corrected chi connectivity index (χ0v) is 23.7. The second-order valence-electron chi connectivity index (χ2n) is 10.5. The van der Waals surface area contributed by atoms with Gasteiger partial charge in [0.1, 0.15) is 18.8 Å². The molecular weight excluding hydrogens is 498 g/mol. The number of amides is 1. The Morgan fingerprint density at radius 1 is 1.00 bits per heavy atom. The van der Waals surface area contributed by atoms with Crippen LogP contribution in [0.1, 0.15) is 70.1 Å². The van der Waals surface area contributed by atoms with Gasteiger partial charge in [-0.2, -0.15) is 0 Å². The number of carbonyl (C=O) groups excluding carboxylic acids is 3.